The van der Waals surface area contributed by atoms with Crippen molar-refractivity contribution in [2.24, 2.45) is 23.3 Å². The Hall–Kier alpha value is -0.990. The molecule has 0 heterocycles. The van der Waals surface area contributed by atoms with Crippen molar-refractivity contribution in [2.45, 2.75) is 111 Å². The average molecular weight is 525 g/mol. The van der Waals surface area contributed by atoms with Crippen molar-refractivity contribution in [3.63, 3.8) is 0 Å². The summed E-state index contributed by atoms with van der Waals surface area (Å²) in [5.41, 5.74) is 12.8. The van der Waals surface area contributed by atoms with Crippen molar-refractivity contribution in [3.05, 3.63) is 11.6 Å². The summed E-state index contributed by atoms with van der Waals surface area (Å²) in [4.78, 5) is 13.0. The number of unbranched alkanes of at least 4 members (excludes halogenated alkanes) is 2. The third-order valence-corrected chi connectivity index (χ3v) is 7.47. The number of nitrogens with two attached hydrogens (primary N) is 2. The van der Waals surface area contributed by atoms with Gasteiger partial charge < -0.3 is 32.7 Å². The zero-order valence-electron chi connectivity index (χ0n) is 25.2. The van der Waals surface area contributed by atoms with Crippen LogP contribution in [-0.2, 0) is 4.79 Å². The highest BCUT2D eigenvalue weighted by Crippen LogP contribution is 2.24. The summed E-state index contributed by atoms with van der Waals surface area (Å²) in [6.45, 7) is 18.4. The topological polar surface area (TPSA) is 117 Å². The quantitative estimate of drug-likeness (QED) is 0.0750. The highest BCUT2D eigenvalue weighted by atomic mass is 16.2. The van der Waals surface area contributed by atoms with Gasteiger partial charge in [0.2, 0.25) is 5.91 Å². The number of nitrogens with one attached hydrogen (secondary N) is 4. The van der Waals surface area contributed by atoms with E-state index in [2.05, 4.69) is 62.0 Å². The molecule has 1 amide bonds. The van der Waals surface area contributed by atoms with Gasteiger partial charge in [-0.2, -0.15) is 0 Å². The number of hydrogen-bond donors (Lipinski definition) is 6. The number of hydrogen-bond acceptors (Lipinski definition) is 6. The van der Waals surface area contributed by atoms with Crippen LogP contribution in [0.4, 0.5) is 0 Å². The smallest absolute Gasteiger partial charge is 0.240 e. The van der Waals surface area contributed by atoms with Gasteiger partial charge in [-0.05, 0) is 136 Å². The lowest BCUT2D eigenvalue weighted by Gasteiger charge is -2.34. The molecule has 0 fully saturated rings. The Balaban J connectivity index is 4.00. The van der Waals surface area contributed by atoms with Gasteiger partial charge in [0, 0.05) is 6.54 Å². The first-order chi connectivity index (χ1) is 17.8. The summed E-state index contributed by atoms with van der Waals surface area (Å²) in [7, 11) is 0. The Morgan fingerprint density at radius 1 is 0.811 bits per heavy atom. The fourth-order valence-electron chi connectivity index (χ4n) is 4.45. The second-order valence-corrected chi connectivity index (χ2v) is 11.3. The highest BCUT2D eigenvalue weighted by Gasteiger charge is 2.37. The monoisotopic (exact) mass is 525 g/mol. The first-order valence-electron chi connectivity index (χ1n) is 15.3. The van der Waals surface area contributed by atoms with Gasteiger partial charge in [0.1, 0.15) is 0 Å². The van der Waals surface area contributed by atoms with Gasteiger partial charge in [0.15, 0.2) is 0 Å². The molecule has 0 aromatic rings. The summed E-state index contributed by atoms with van der Waals surface area (Å²) in [5, 5.41) is 13.6. The maximum Gasteiger partial charge on any atom is 0.240 e. The summed E-state index contributed by atoms with van der Waals surface area (Å²) in [6.07, 6.45) is 14.0. The first kappa shape index (κ1) is 36.0. The van der Waals surface area contributed by atoms with Crippen LogP contribution in [0.2, 0.25) is 0 Å². The molecule has 0 spiro atoms. The number of amides is 1. The number of carbonyl (C=O) groups excluding carboxylic acids is 1. The van der Waals surface area contributed by atoms with Crippen LogP contribution in [0.3, 0.4) is 0 Å². The van der Waals surface area contributed by atoms with Crippen molar-refractivity contribution in [1.82, 2.24) is 21.3 Å². The molecule has 0 aromatic heterocycles. The molecule has 0 aromatic carbocycles. The summed E-state index contributed by atoms with van der Waals surface area (Å²) in [6, 6.07) is 0. The molecule has 0 aliphatic heterocycles. The minimum Gasteiger partial charge on any atom is -0.354 e. The molecule has 37 heavy (non-hydrogen) atoms. The van der Waals surface area contributed by atoms with Crippen LogP contribution < -0.4 is 32.7 Å². The van der Waals surface area contributed by atoms with Crippen LogP contribution in [0.15, 0.2) is 11.6 Å². The first-order valence-corrected chi connectivity index (χ1v) is 15.3. The summed E-state index contributed by atoms with van der Waals surface area (Å²) in [5.74, 6) is 0.931. The molecule has 0 bridgehead atoms. The molecular formula is C30H64N6O. The van der Waals surface area contributed by atoms with Crippen LogP contribution in [0.25, 0.3) is 0 Å². The lowest BCUT2D eigenvalue weighted by molar-refractivity contribution is -0.128. The fraction of sp³-hybridized carbons (Fsp3) is 0.900. The Labute approximate surface area is 230 Å². The molecule has 0 aliphatic carbocycles. The Bertz CT molecular complexity index is 566. The van der Waals surface area contributed by atoms with E-state index in [1.807, 2.05) is 0 Å². The van der Waals surface area contributed by atoms with E-state index in [1.165, 1.54) is 31.3 Å². The summed E-state index contributed by atoms with van der Waals surface area (Å²) >= 11 is 0. The fourth-order valence-corrected chi connectivity index (χ4v) is 4.45. The van der Waals surface area contributed by atoms with Gasteiger partial charge in [0.05, 0.1) is 5.54 Å². The minimum atomic E-state index is -0.779. The Kier molecular flexibility index (Phi) is 23.4. The SMILES string of the molecule is CCC(C)C(N)(CCCCNCC[C@H](C)CCC=C(C)C)C(=O)NCCCNCCCCNCCCN. The van der Waals surface area contributed by atoms with Crippen molar-refractivity contribution < 1.29 is 4.79 Å². The normalized spacial score (nSPS) is 14.7. The molecule has 0 saturated carbocycles. The average Bonchev–Trinajstić information content (AvgIpc) is 2.87. The number of carbonyl (C=O) groups is 1. The Morgan fingerprint density at radius 2 is 1.38 bits per heavy atom. The van der Waals surface area contributed by atoms with Crippen LogP contribution in [-0.4, -0.2) is 63.8 Å². The van der Waals surface area contributed by atoms with E-state index in [1.54, 1.807) is 0 Å². The van der Waals surface area contributed by atoms with E-state index in [-0.39, 0.29) is 11.8 Å². The highest BCUT2D eigenvalue weighted by molar-refractivity contribution is 5.86. The van der Waals surface area contributed by atoms with Crippen LogP contribution in [0.5, 0.6) is 0 Å². The van der Waals surface area contributed by atoms with Crippen molar-refractivity contribution >= 4 is 5.91 Å². The standard InChI is InChI=1S/C30H64N6O/c1-6-28(5)30(32,17-7-8-19-35-25-16-27(4)15-11-14-26(2)3)29(37)36-24-13-23-34-21-10-9-20-33-22-12-18-31/h14,27-28,33-35H,6-13,15-25,31-32H2,1-5H3,(H,36,37)/t27-,28?,30?/m1/s1. The molecular weight excluding hydrogens is 460 g/mol. The zero-order chi connectivity index (χ0) is 27.8. The lowest BCUT2D eigenvalue weighted by atomic mass is 9.79. The second-order valence-electron chi connectivity index (χ2n) is 11.3. The Morgan fingerprint density at radius 3 is 1.97 bits per heavy atom. The molecule has 0 rings (SSSR count). The zero-order valence-corrected chi connectivity index (χ0v) is 25.2. The summed E-state index contributed by atoms with van der Waals surface area (Å²) < 4.78 is 0. The number of rotatable bonds is 26. The maximum absolute atomic E-state index is 13.0. The molecule has 8 N–H and O–H groups in total. The molecule has 0 radical (unpaired) electrons. The molecule has 220 valence electrons. The van der Waals surface area contributed by atoms with Gasteiger partial charge in [-0.15, -0.1) is 0 Å². The maximum atomic E-state index is 13.0. The minimum absolute atomic E-state index is 0.0172. The van der Waals surface area contributed by atoms with Crippen molar-refractivity contribution in [1.29, 1.82) is 0 Å². The largest absolute Gasteiger partial charge is 0.354 e. The predicted molar refractivity (Wildman–Crippen MR) is 162 cm³/mol. The predicted octanol–water partition coefficient (Wildman–Crippen LogP) is 4.08. The molecule has 0 saturated heterocycles. The molecule has 7 heteroatoms. The van der Waals surface area contributed by atoms with Gasteiger partial charge in [-0.3, -0.25) is 4.79 Å². The van der Waals surface area contributed by atoms with Crippen molar-refractivity contribution in [3.8, 4) is 0 Å². The molecule has 0 aliphatic rings. The molecule has 7 nitrogen and oxygen atoms in total. The van der Waals surface area contributed by atoms with Crippen LogP contribution in [0, 0.1) is 11.8 Å². The van der Waals surface area contributed by atoms with E-state index >= 15 is 0 Å². The van der Waals surface area contributed by atoms with Crippen LogP contribution in [0.1, 0.15) is 105 Å². The molecule has 3 atom stereocenters. The van der Waals surface area contributed by atoms with E-state index in [0.29, 0.717) is 6.54 Å². The van der Waals surface area contributed by atoms with Gasteiger partial charge in [-0.1, -0.05) is 38.8 Å². The van der Waals surface area contributed by atoms with Gasteiger partial charge in [0.25, 0.3) is 0 Å². The van der Waals surface area contributed by atoms with Gasteiger partial charge >= 0.3 is 0 Å². The van der Waals surface area contributed by atoms with Crippen LogP contribution >= 0.6 is 0 Å². The van der Waals surface area contributed by atoms with Gasteiger partial charge in [-0.25, -0.2) is 0 Å². The second kappa shape index (κ2) is 24.1. The van der Waals surface area contributed by atoms with E-state index in [4.69, 9.17) is 11.5 Å². The third-order valence-electron chi connectivity index (χ3n) is 7.47. The molecule has 2 unspecified atom stereocenters. The number of allylic oxidation sites excluding steroid dienone is 2. The third kappa shape index (κ3) is 19.7. The lowest BCUT2D eigenvalue weighted by Crippen LogP contribution is -2.58. The van der Waals surface area contributed by atoms with E-state index in [9.17, 15) is 4.79 Å². The van der Waals surface area contributed by atoms with E-state index < -0.39 is 5.54 Å². The van der Waals surface area contributed by atoms with Crippen molar-refractivity contribution in [2.75, 3.05) is 52.4 Å². The van der Waals surface area contributed by atoms with E-state index in [0.717, 1.165) is 96.7 Å².